The average Bonchev–Trinajstić information content (AvgIpc) is 3.15. The van der Waals surface area contributed by atoms with Gasteiger partial charge in [-0.15, -0.1) is 0 Å². The molecule has 2 aliphatic carbocycles. The van der Waals surface area contributed by atoms with Crippen LogP contribution < -0.4 is 5.32 Å². The lowest BCUT2D eigenvalue weighted by Crippen LogP contribution is -2.48. The third-order valence-electron chi connectivity index (χ3n) is 5.36. The second-order valence-corrected chi connectivity index (χ2v) is 7.04. The van der Waals surface area contributed by atoms with Crippen molar-refractivity contribution in [1.82, 2.24) is 15.5 Å². The Hall–Kier alpha value is -2.14. The second-order valence-electron chi connectivity index (χ2n) is 7.04. The molecule has 2 aliphatic rings. The zero-order valence-corrected chi connectivity index (χ0v) is 13.7. The molecular weight excluding hydrogens is 302 g/mol. The van der Waals surface area contributed by atoms with Gasteiger partial charge in [-0.2, -0.15) is 5.10 Å². The highest BCUT2D eigenvalue weighted by Crippen LogP contribution is 2.32. The monoisotopic (exact) mass is 325 g/mol. The maximum Gasteiger partial charge on any atom is 0.272 e. The smallest absolute Gasteiger partial charge is 0.272 e. The topological polar surface area (TPSA) is 78.0 Å². The second kappa shape index (κ2) is 6.40. The van der Waals surface area contributed by atoms with Gasteiger partial charge in [-0.05, 0) is 50.0 Å². The largest absolute Gasteiger partial charge is 0.393 e. The van der Waals surface area contributed by atoms with Crippen LogP contribution in [0.25, 0.3) is 0 Å². The van der Waals surface area contributed by atoms with Crippen molar-refractivity contribution in [2.75, 3.05) is 0 Å². The molecule has 1 amide bonds. The predicted molar refractivity (Wildman–Crippen MR) is 90.7 cm³/mol. The molecule has 24 heavy (non-hydrogen) atoms. The maximum absolute atomic E-state index is 12.7. The number of aliphatic hydroxyl groups is 1. The van der Waals surface area contributed by atoms with Gasteiger partial charge in [-0.3, -0.25) is 9.89 Å². The standard InChI is InChI=1S/C19H23N3O2/c23-14-10-13(11-14)17(9-12-5-2-1-3-6-12)20-19(24)18-15-7-4-8-16(15)21-22-18/h1-3,5-6,13-14,17,23H,4,7-11H2,(H,20,24)(H,21,22). The number of amides is 1. The van der Waals surface area contributed by atoms with E-state index in [1.807, 2.05) is 18.2 Å². The number of aromatic amines is 1. The highest BCUT2D eigenvalue weighted by molar-refractivity contribution is 5.94. The molecule has 3 N–H and O–H groups in total. The Morgan fingerprint density at radius 1 is 1.29 bits per heavy atom. The molecule has 1 saturated carbocycles. The normalized spacial score (nSPS) is 23.4. The Balaban J connectivity index is 1.49. The van der Waals surface area contributed by atoms with Gasteiger partial charge in [0.2, 0.25) is 0 Å². The van der Waals surface area contributed by atoms with E-state index < -0.39 is 0 Å². The van der Waals surface area contributed by atoms with Gasteiger partial charge in [-0.25, -0.2) is 0 Å². The highest BCUT2D eigenvalue weighted by Gasteiger charge is 2.35. The summed E-state index contributed by atoms with van der Waals surface area (Å²) in [5.74, 6) is 0.243. The Morgan fingerprint density at radius 2 is 2.08 bits per heavy atom. The SMILES string of the molecule is O=C(NC(Cc1ccccc1)C1CC(O)C1)c1n[nH]c2c1CCC2. The van der Waals surface area contributed by atoms with Crippen LogP contribution in [0.2, 0.25) is 0 Å². The molecule has 0 radical (unpaired) electrons. The van der Waals surface area contributed by atoms with Gasteiger partial charge in [-0.1, -0.05) is 30.3 Å². The number of carbonyl (C=O) groups excluding carboxylic acids is 1. The molecule has 4 rings (SSSR count). The van der Waals surface area contributed by atoms with Gasteiger partial charge in [0, 0.05) is 17.3 Å². The van der Waals surface area contributed by atoms with Crippen molar-refractivity contribution in [3.05, 3.63) is 52.8 Å². The van der Waals surface area contributed by atoms with Gasteiger partial charge in [0.1, 0.15) is 0 Å². The summed E-state index contributed by atoms with van der Waals surface area (Å²) < 4.78 is 0. The zero-order chi connectivity index (χ0) is 16.5. The number of hydrogen-bond acceptors (Lipinski definition) is 3. The fraction of sp³-hybridized carbons (Fsp3) is 0.474. The quantitative estimate of drug-likeness (QED) is 0.787. The lowest BCUT2D eigenvalue weighted by Gasteiger charge is -2.38. The van der Waals surface area contributed by atoms with Crippen LogP contribution in [0.4, 0.5) is 0 Å². The molecule has 0 spiro atoms. The van der Waals surface area contributed by atoms with E-state index >= 15 is 0 Å². The van der Waals surface area contributed by atoms with E-state index in [9.17, 15) is 9.90 Å². The number of aryl methyl sites for hydroxylation is 1. The fourth-order valence-corrected chi connectivity index (χ4v) is 3.91. The van der Waals surface area contributed by atoms with Crippen molar-refractivity contribution < 1.29 is 9.90 Å². The summed E-state index contributed by atoms with van der Waals surface area (Å²) >= 11 is 0. The van der Waals surface area contributed by atoms with E-state index in [2.05, 4.69) is 27.6 Å². The number of carbonyl (C=O) groups is 1. The average molecular weight is 325 g/mol. The van der Waals surface area contributed by atoms with E-state index in [4.69, 9.17) is 0 Å². The first-order valence-corrected chi connectivity index (χ1v) is 8.79. The van der Waals surface area contributed by atoms with Crippen LogP contribution in [0.15, 0.2) is 30.3 Å². The summed E-state index contributed by atoms with van der Waals surface area (Å²) in [5, 5.41) is 20.1. The lowest BCUT2D eigenvalue weighted by atomic mass is 9.75. The van der Waals surface area contributed by atoms with Crippen molar-refractivity contribution in [2.45, 2.75) is 50.7 Å². The predicted octanol–water partition coefficient (Wildman–Crippen LogP) is 2.01. The molecule has 1 unspecified atom stereocenters. The molecule has 1 heterocycles. The van der Waals surface area contributed by atoms with Gasteiger partial charge < -0.3 is 10.4 Å². The number of hydrogen-bond donors (Lipinski definition) is 3. The number of nitrogens with zero attached hydrogens (tertiary/aromatic N) is 1. The summed E-state index contributed by atoms with van der Waals surface area (Å²) in [7, 11) is 0. The molecule has 0 aliphatic heterocycles. The fourth-order valence-electron chi connectivity index (χ4n) is 3.91. The number of H-pyrrole nitrogens is 1. The molecule has 0 bridgehead atoms. The Morgan fingerprint density at radius 3 is 2.83 bits per heavy atom. The van der Waals surface area contributed by atoms with E-state index in [1.165, 1.54) is 5.56 Å². The van der Waals surface area contributed by atoms with E-state index in [1.54, 1.807) is 0 Å². The minimum Gasteiger partial charge on any atom is -0.393 e. The first kappa shape index (κ1) is 15.4. The number of rotatable bonds is 5. The maximum atomic E-state index is 12.7. The third kappa shape index (κ3) is 2.96. The molecule has 5 heteroatoms. The molecule has 5 nitrogen and oxygen atoms in total. The minimum atomic E-state index is -0.222. The summed E-state index contributed by atoms with van der Waals surface area (Å²) in [6.45, 7) is 0. The van der Waals surface area contributed by atoms with Crippen molar-refractivity contribution >= 4 is 5.91 Å². The molecule has 1 atom stereocenters. The summed E-state index contributed by atoms with van der Waals surface area (Å²) in [5.41, 5.74) is 3.95. The molecule has 126 valence electrons. The molecule has 0 saturated heterocycles. The van der Waals surface area contributed by atoms with E-state index in [0.717, 1.165) is 49.8 Å². The van der Waals surface area contributed by atoms with Crippen LogP contribution in [0, 0.1) is 5.92 Å². The Bertz CT molecular complexity index is 719. The van der Waals surface area contributed by atoms with E-state index in [-0.39, 0.29) is 18.1 Å². The molecular formula is C19H23N3O2. The van der Waals surface area contributed by atoms with Crippen molar-refractivity contribution in [3.8, 4) is 0 Å². The van der Waals surface area contributed by atoms with Crippen LogP contribution >= 0.6 is 0 Å². The van der Waals surface area contributed by atoms with Crippen LogP contribution in [-0.4, -0.2) is 33.4 Å². The zero-order valence-electron chi connectivity index (χ0n) is 13.7. The third-order valence-corrected chi connectivity index (χ3v) is 5.36. The molecule has 1 aromatic carbocycles. The van der Waals surface area contributed by atoms with E-state index in [0.29, 0.717) is 11.6 Å². The number of aromatic nitrogens is 2. The summed E-state index contributed by atoms with van der Waals surface area (Å²) in [4.78, 5) is 12.7. The van der Waals surface area contributed by atoms with Crippen LogP contribution in [0.3, 0.4) is 0 Å². The van der Waals surface area contributed by atoms with Crippen molar-refractivity contribution in [3.63, 3.8) is 0 Å². The highest BCUT2D eigenvalue weighted by atomic mass is 16.3. The molecule has 1 fully saturated rings. The Labute approximate surface area is 141 Å². The molecule has 2 aromatic rings. The molecule has 1 aromatic heterocycles. The number of aliphatic hydroxyl groups excluding tert-OH is 1. The van der Waals surface area contributed by atoms with Gasteiger partial charge in [0.05, 0.1) is 6.10 Å². The summed E-state index contributed by atoms with van der Waals surface area (Å²) in [6.07, 6.45) is 5.09. The van der Waals surface area contributed by atoms with Gasteiger partial charge >= 0.3 is 0 Å². The van der Waals surface area contributed by atoms with Crippen LogP contribution in [0.5, 0.6) is 0 Å². The first-order chi connectivity index (χ1) is 11.7. The lowest BCUT2D eigenvalue weighted by molar-refractivity contribution is 0.0238. The van der Waals surface area contributed by atoms with Crippen molar-refractivity contribution in [2.24, 2.45) is 5.92 Å². The van der Waals surface area contributed by atoms with Crippen LogP contribution in [-0.2, 0) is 19.3 Å². The first-order valence-electron chi connectivity index (χ1n) is 8.79. The van der Waals surface area contributed by atoms with Gasteiger partial charge in [0.15, 0.2) is 5.69 Å². The number of nitrogens with one attached hydrogen (secondary N) is 2. The van der Waals surface area contributed by atoms with Crippen molar-refractivity contribution in [1.29, 1.82) is 0 Å². The summed E-state index contributed by atoms with van der Waals surface area (Å²) in [6, 6.07) is 10.2. The Kier molecular flexibility index (Phi) is 4.10. The van der Waals surface area contributed by atoms with Crippen LogP contribution in [0.1, 0.15) is 46.6 Å². The minimum absolute atomic E-state index is 0.0389. The number of benzene rings is 1. The number of fused-ring (bicyclic) bond motifs is 1. The van der Waals surface area contributed by atoms with Gasteiger partial charge in [0.25, 0.3) is 5.91 Å².